The van der Waals surface area contributed by atoms with Crippen molar-refractivity contribution in [2.24, 2.45) is 11.8 Å². The van der Waals surface area contributed by atoms with Gasteiger partial charge in [-0.05, 0) is 74.0 Å². The van der Waals surface area contributed by atoms with Crippen LogP contribution in [0, 0.1) is 11.8 Å². The zero-order chi connectivity index (χ0) is 22.9. The normalized spacial score (nSPS) is 15.1. The fourth-order valence-electron chi connectivity index (χ4n) is 4.98. The van der Waals surface area contributed by atoms with Crippen molar-refractivity contribution in [1.82, 2.24) is 0 Å². The molecule has 0 fully saturated rings. The number of allylic oxidation sites excluding steroid dienone is 6. The molecule has 1 aliphatic carbocycles. The van der Waals surface area contributed by atoms with E-state index in [4.69, 9.17) is 0 Å². The molecule has 0 amide bonds. The minimum absolute atomic E-state index is 0.570. The molecule has 2 aromatic carbocycles. The van der Waals surface area contributed by atoms with Gasteiger partial charge in [-0.1, -0.05) is 122 Å². The van der Waals surface area contributed by atoms with Gasteiger partial charge in [-0.25, -0.2) is 0 Å². The standard InChI is InChI=1S/C32H40/c1-6-25(4)32(23-31-15-11-12-26(31)5)30(7-2)22-29-18-16-28(17-19-29)21-24(3)20-27-13-9-8-10-14-27/h8-14,16-19,30,32H,3-4,6-7,15,20-23H2,1-2,5H3. The van der Waals surface area contributed by atoms with Crippen LogP contribution < -0.4 is 0 Å². The van der Waals surface area contributed by atoms with Gasteiger partial charge >= 0.3 is 0 Å². The first-order valence-corrected chi connectivity index (χ1v) is 12.3. The van der Waals surface area contributed by atoms with Crippen LogP contribution in [0.25, 0.3) is 0 Å². The quantitative estimate of drug-likeness (QED) is 0.298. The van der Waals surface area contributed by atoms with Gasteiger partial charge in [-0.15, -0.1) is 0 Å². The lowest BCUT2D eigenvalue weighted by Gasteiger charge is -2.29. The van der Waals surface area contributed by atoms with Crippen molar-refractivity contribution in [3.63, 3.8) is 0 Å². The predicted octanol–water partition coefficient (Wildman–Crippen LogP) is 8.85. The lowest BCUT2D eigenvalue weighted by Crippen LogP contribution is -2.19. The highest BCUT2D eigenvalue weighted by Crippen LogP contribution is 2.36. The van der Waals surface area contributed by atoms with E-state index in [9.17, 15) is 0 Å². The molecule has 0 heterocycles. The Labute approximate surface area is 196 Å². The van der Waals surface area contributed by atoms with Gasteiger partial charge < -0.3 is 0 Å². The lowest BCUT2D eigenvalue weighted by atomic mass is 9.76. The molecule has 0 spiro atoms. The molecule has 2 unspecified atom stereocenters. The molecule has 0 heteroatoms. The maximum atomic E-state index is 4.48. The second-order valence-corrected chi connectivity index (χ2v) is 9.49. The second kappa shape index (κ2) is 11.9. The van der Waals surface area contributed by atoms with Gasteiger partial charge in [0, 0.05) is 0 Å². The summed E-state index contributed by atoms with van der Waals surface area (Å²) >= 11 is 0. The SMILES string of the molecule is C=C(Cc1ccccc1)Cc1ccc(CC(CC)C(CC2=C(C)C=CC2)C(=C)CC)cc1. The largest absolute Gasteiger partial charge is 0.0996 e. The number of benzene rings is 2. The molecule has 0 aliphatic heterocycles. The van der Waals surface area contributed by atoms with Gasteiger partial charge in [0.05, 0.1) is 0 Å². The van der Waals surface area contributed by atoms with E-state index < -0.39 is 0 Å². The smallest absolute Gasteiger partial charge is 0.00665 e. The maximum Gasteiger partial charge on any atom is -0.00665 e. The summed E-state index contributed by atoms with van der Waals surface area (Å²) in [5, 5.41) is 0. The summed E-state index contributed by atoms with van der Waals surface area (Å²) in [6.07, 6.45) is 12.2. The summed E-state index contributed by atoms with van der Waals surface area (Å²) in [5.74, 6) is 1.21. The number of rotatable bonds is 12. The molecule has 0 bridgehead atoms. The van der Waals surface area contributed by atoms with Crippen molar-refractivity contribution in [3.8, 4) is 0 Å². The number of hydrogen-bond donors (Lipinski definition) is 0. The van der Waals surface area contributed by atoms with Crippen LogP contribution in [-0.4, -0.2) is 0 Å². The summed E-state index contributed by atoms with van der Waals surface area (Å²) < 4.78 is 0. The number of hydrogen-bond acceptors (Lipinski definition) is 0. The first-order valence-electron chi connectivity index (χ1n) is 12.3. The minimum Gasteiger partial charge on any atom is -0.0996 e. The van der Waals surface area contributed by atoms with Gasteiger partial charge in [-0.2, -0.15) is 0 Å². The zero-order valence-corrected chi connectivity index (χ0v) is 20.4. The molecule has 0 saturated heterocycles. The van der Waals surface area contributed by atoms with E-state index in [2.05, 4.69) is 101 Å². The van der Waals surface area contributed by atoms with E-state index in [1.165, 1.54) is 46.3 Å². The van der Waals surface area contributed by atoms with Crippen LogP contribution in [0.3, 0.4) is 0 Å². The molecule has 0 radical (unpaired) electrons. The second-order valence-electron chi connectivity index (χ2n) is 9.49. The Hall–Kier alpha value is -2.60. The molecule has 0 saturated carbocycles. The summed E-state index contributed by atoms with van der Waals surface area (Å²) in [6.45, 7) is 15.7. The van der Waals surface area contributed by atoms with Crippen molar-refractivity contribution in [1.29, 1.82) is 0 Å². The molecule has 0 aromatic heterocycles. The van der Waals surface area contributed by atoms with E-state index in [1.807, 2.05) is 0 Å². The zero-order valence-electron chi connectivity index (χ0n) is 20.4. The Morgan fingerprint density at radius 1 is 0.844 bits per heavy atom. The third-order valence-electron chi connectivity index (χ3n) is 7.10. The topological polar surface area (TPSA) is 0 Å². The molecular formula is C32H40. The fourth-order valence-corrected chi connectivity index (χ4v) is 4.98. The van der Waals surface area contributed by atoms with E-state index in [0.29, 0.717) is 11.8 Å². The minimum atomic E-state index is 0.570. The first-order chi connectivity index (χ1) is 15.5. The van der Waals surface area contributed by atoms with Crippen molar-refractivity contribution in [2.75, 3.05) is 0 Å². The highest BCUT2D eigenvalue weighted by Gasteiger charge is 2.24. The monoisotopic (exact) mass is 424 g/mol. The molecule has 168 valence electrons. The van der Waals surface area contributed by atoms with E-state index in [0.717, 1.165) is 32.1 Å². The molecule has 0 nitrogen and oxygen atoms in total. The average Bonchev–Trinajstić information content (AvgIpc) is 3.21. The third kappa shape index (κ3) is 6.70. The Kier molecular flexibility index (Phi) is 8.91. The molecule has 3 rings (SSSR count). The third-order valence-corrected chi connectivity index (χ3v) is 7.10. The van der Waals surface area contributed by atoms with E-state index in [-0.39, 0.29) is 0 Å². The van der Waals surface area contributed by atoms with Crippen LogP contribution in [0.2, 0.25) is 0 Å². The molecular weight excluding hydrogens is 384 g/mol. The predicted molar refractivity (Wildman–Crippen MR) is 141 cm³/mol. The Bertz CT molecular complexity index is 953. The van der Waals surface area contributed by atoms with Crippen molar-refractivity contribution in [3.05, 3.63) is 119 Å². The van der Waals surface area contributed by atoms with Crippen LogP contribution in [0.1, 0.15) is 63.1 Å². The molecule has 2 aromatic rings. The summed E-state index contributed by atoms with van der Waals surface area (Å²) in [6, 6.07) is 19.9. The van der Waals surface area contributed by atoms with Crippen LogP contribution in [0.5, 0.6) is 0 Å². The maximum absolute atomic E-state index is 4.48. The van der Waals surface area contributed by atoms with Crippen molar-refractivity contribution in [2.45, 2.75) is 65.7 Å². The molecule has 2 atom stereocenters. The van der Waals surface area contributed by atoms with Crippen molar-refractivity contribution >= 4 is 0 Å². The van der Waals surface area contributed by atoms with Crippen LogP contribution in [0.15, 0.2) is 102 Å². The van der Waals surface area contributed by atoms with Gasteiger partial charge in [0.25, 0.3) is 0 Å². The Morgan fingerprint density at radius 3 is 2.03 bits per heavy atom. The van der Waals surface area contributed by atoms with Gasteiger partial charge in [0.1, 0.15) is 0 Å². The average molecular weight is 425 g/mol. The van der Waals surface area contributed by atoms with Crippen LogP contribution in [0.4, 0.5) is 0 Å². The van der Waals surface area contributed by atoms with E-state index >= 15 is 0 Å². The first kappa shape index (κ1) is 24.1. The Morgan fingerprint density at radius 2 is 1.47 bits per heavy atom. The van der Waals surface area contributed by atoms with Crippen LogP contribution >= 0.6 is 0 Å². The highest BCUT2D eigenvalue weighted by atomic mass is 14.3. The summed E-state index contributed by atoms with van der Waals surface area (Å²) in [4.78, 5) is 0. The van der Waals surface area contributed by atoms with Gasteiger partial charge in [0.15, 0.2) is 0 Å². The lowest BCUT2D eigenvalue weighted by molar-refractivity contribution is 0.354. The van der Waals surface area contributed by atoms with Gasteiger partial charge in [-0.3, -0.25) is 0 Å². The summed E-state index contributed by atoms with van der Waals surface area (Å²) in [5.41, 5.74) is 9.89. The molecule has 32 heavy (non-hydrogen) atoms. The molecule has 0 N–H and O–H groups in total. The highest BCUT2D eigenvalue weighted by molar-refractivity contribution is 5.34. The van der Waals surface area contributed by atoms with E-state index in [1.54, 1.807) is 5.57 Å². The van der Waals surface area contributed by atoms with Crippen LogP contribution in [-0.2, 0) is 19.3 Å². The van der Waals surface area contributed by atoms with Gasteiger partial charge in [0.2, 0.25) is 0 Å². The summed E-state index contributed by atoms with van der Waals surface area (Å²) in [7, 11) is 0. The Balaban J connectivity index is 1.63. The van der Waals surface area contributed by atoms with Crippen molar-refractivity contribution < 1.29 is 0 Å². The fraction of sp³-hybridized carbons (Fsp3) is 0.375. The molecule has 1 aliphatic rings.